The number of hydrogen-bond donors (Lipinski definition) is 2. The molecule has 0 bridgehead atoms. The van der Waals surface area contributed by atoms with Crippen LogP contribution in [0.3, 0.4) is 0 Å². The minimum absolute atomic E-state index is 0.159. The Bertz CT molecular complexity index is 869. The van der Waals surface area contributed by atoms with Crippen molar-refractivity contribution in [1.82, 2.24) is 10.6 Å². The van der Waals surface area contributed by atoms with E-state index < -0.39 is 0 Å². The molecule has 0 atom stereocenters. The summed E-state index contributed by atoms with van der Waals surface area (Å²) in [5.41, 5.74) is 2.34. The molecule has 2 N–H and O–H groups in total. The SMILES string of the molecule is Cc1ccccc1C(=O)NCCC(=O)NCc1cc(Cl)c2c(c1)OCCCO2. The molecule has 6 nitrogen and oxygen atoms in total. The van der Waals surface area contributed by atoms with Crippen molar-refractivity contribution in [2.45, 2.75) is 26.3 Å². The Morgan fingerprint density at radius 1 is 1.11 bits per heavy atom. The van der Waals surface area contributed by atoms with E-state index in [1.807, 2.05) is 31.2 Å². The lowest BCUT2D eigenvalue weighted by molar-refractivity contribution is -0.121. The van der Waals surface area contributed by atoms with Crippen LogP contribution in [0.4, 0.5) is 0 Å². The summed E-state index contributed by atoms with van der Waals surface area (Å²) in [5, 5.41) is 6.06. The molecule has 1 aliphatic heterocycles. The topological polar surface area (TPSA) is 76.7 Å². The molecular formula is C21H23ClN2O4. The first-order chi connectivity index (χ1) is 13.5. The van der Waals surface area contributed by atoms with Crippen molar-refractivity contribution in [2.75, 3.05) is 19.8 Å². The largest absolute Gasteiger partial charge is 0.489 e. The average Bonchev–Trinajstić information content (AvgIpc) is 2.92. The maximum Gasteiger partial charge on any atom is 0.251 e. The van der Waals surface area contributed by atoms with Crippen LogP contribution < -0.4 is 20.1 Å². The van der Waals surface area contributed by atoms with Gasteiger partial charge in [0, 0.05) is 31.5 Å². The van der Waals surface area contributed by atoms with Crippen molar-refractivity contribution in [1.29, 1.82) is 0 Å². The number of amides is 2. The zero-order valence-corrected chi connectivity index (χ0v) is 16.5. The van der Waals surface area contributed by atoms with Gasteiger partial charge in [-0.1, -0.05) is 29.8 Å². The maximum absolute atomic E-state index is 12.1. The molecule has 0 aliphatic carbocycles. The normalized spacial score (nSPS) is 12.8. The lowest BCUT2D eigenvalue weighted by Crippen LogP contribution is -2.30. The number of halogens is 1. The van der Waals surface area contributed by atoms with Crippen LogP contribution in [0.2, 0.25) is 5.02 Å². The molecule has 0 aromatic heterocycles. The average molecular weight is 403 g/mol. The van der Waals surface area contributed by atoms with Crippen molar-refractivity contribution in [3.05, 3.63) is 58.1 Å². The lowest BCUT2D eigenvalue weighted by Gasteiger charge is -2.12. The summed E-state index contributed by atoms with van der Waals surface area (Å²) < 4.78 is 11.2. The van der Waals surface area contributed by atoms with Gasteiger partial charge >= 0.3 is 0 Å². The van der Waals surface area contributed by atoms with Crippen LogP contribution in [0.25, 0.3) is 0 Å². The minimum atomic E-state index is -0.180. The van der Waals surface area contributed by atoms with Crippen LogP contribution in [-0.2, 0) is 11.3 Å². The third-order valence-corrected chi connectivity index (χ3v) is 4.66. The molecule has 28 heavy (non-hydrogen) atoms. The van der Waals surface area contributed by atoms with E-state index in [-0.39, 0.29) is 24.8 Å². The van der Waals surface area contributed by atoms with E-state index in [1.165, 1.54) is 0 Å². The van der Waals surface area contributed by atoms with Crippen molar-refractivity contribution < 1.29 is 19.1 Å². The summed E-state index contributed by atoms with van der Waals surface area (Å²) in [5.74, 6) is 0.807. The number of nitrogens with one attached hydrogen (secondary N) is 2. The van der Waals surface area contributed by atoms with Gasteiger partial charge in [0.2, 0.25) is 5.91 Å². The Labute approximate surface area is 169 Å². The molecule has 2 amide bonds. The molecule has 148 valence electrons. The van der Waals surface area contributed by atoms with Gasteiger partial charge in [-0.25, -0.2) is 0 Å². The van der Waals surface area contributed by atoms with Crippen LogP contribution in [0.15, 0.2) is 36.4 Å². The van der Waals surface area contributed by atoms with E-state index in [9.17, 15) is 9.59 Å². The van der Waals surface area contributed by atoms with Crippen LogP contribution in [0.1, 0.15) is 34.3 Å². The second kappa shape index (κ2) is 9.46. The van der Waals surface area contributed by atoms with E-state index in [0.717, 1.165) is 17.5 Å². The summed E-state index contributed by atoms with van der Waals surface area (Å²) in [6.07, 6.45) is 0.987. The zero-order valence-electron chi connectivity index (χ0n) is 15.7. The second-order valence-corrected chi connectivity index (χ2v) is 6.96. The maximum atomic E-state index is 12.1. The number of aryl methyl sites for hydroxylation is 1. The molecule has 2 aromatic carbocycles. The molecule has 0 radical (unpaired) electrons. The minimum Gasteiger partial charge on any atom is -0.489 e. The summed E-state index contributed by atoms with van der Waals surface area (Å²) >= 11 is 6.26. The summed E-state index contributed by atoms with van der Waals surface area (Å²) in [6, 6.07) is 10.9. The predicted octanol–water partition coefficient (Wildman–Crippen LogP) is 3.25. The molecule has 1 heterocycles. The predicted molar refractivity (Wildman–Crippen MR) is 107 cm³/mol. The first-order valence-corrected chi connectivity index (χ1v) is 9.61. The van der Waals surface area contributed by atoms with Crippen LogP contribution in [0, 0.1) is 6.92 Å². The molecule has 0 saturated carbocycles. The van der Waals surface area contributed by atoms with Crippen molar-refractivity contribution in [3.8, 4) is 11.5 Å². The van der Waals surface area contributed by atoms with Crippen molar-refractivity contribution >= 4 is 23.4 Å². The van der Waals surface area contributed by atoms with Crippen LogP contribution in [-0.4, -0.2) is 31.6 Å². The van der Waals surface area contributed by atoms with Crippen molar-refractivity contribution in [2.24, 2.45) is 0 Å². The third kappa shape index (κ3) is 5.16. The fourth-order valence-electron chi connectivity index (χ4n) is 2.89. The fraction of sp³-hybridized carbons (Fsp3) is 0.333. The van der Waals surface area contributed by atoms with Gasteiger partial charge in [-0.2, -0.15) is 0 Å². The fourth-order valence-corrected chi connectivity index (χ4v) is 3.18. The first-order valence-electron chi connectivity index (χ1n) is 9.23. The van der Waals surface area contributed by atoms with Crippen molar-refractivity contribution in [3.63, 3.8) is 0 Å². The number of carbonyl (C=O) groups excluding carboxylic acids is 2. The second-order valence-electron chi connectivity index (χ2n) is 6.55. The number of hydrogen-bond acceptors (Lipinski definition) is 4. The standard InChI is InChI=1S/C21H23ClN2O4/c1-14-5-2-3-6-16(14)21(26)23-8-7-19(25)24-13-15-11-17(22)20-18(12-15)27-9-4-10-28-20/h2-3,5-6,11-12H,4,7-10,13H2,1H3,(H,23,26)(H,24,25). The van der Waals surface area contributed by atoms with E-state index in [2.05, 4.69) is 10.6 Å². The molecule has 0 unspecified atom stereocenters. The summed E-state index contributed by atoms with van der Waals surface area (Å²) in [4.78, 5) is 24.2. The van der Waals surface area contributed by atoms with Gasteiger partial charge in [0.25, 0.3) is 5.91 Å². The van der Waals surface area contributed by atoms with Gasteiger partial charge in [-0.3, -0.25) is 9.59 Å². The van der Waals surface area contributed by atoms with E-state index in [4.69, 9.17) is 21.1 Å². The molecular weight excluding hydrogens is 380 g/mol. The smallest absolute Gasteiger partial charge is 0.251 e. The Kier molecular flexibility index (Phi) is 6.76. The Morgan fingerprint density at radius 2 is 1.89 bits per heavy atom. The zero-order chi connectivity index (χ0) is 19.9. The molecule has 0 spiro atoms. The number of fused-ring (bicyclic) bond motifs is 1. The Hall–Kier alpha value is -2.73. The lowest BCUT2D eigenvalue weighted by atomic mass is 10.1. The monoisotopic (exact) mass is 402 g/mol. The quantitative estimate of drug-likeness (QED) is 0.777. The Morgan fingerprint density at radius 3 is 2.71 bits per heavy atom. The number of rotatable bonds is 6. The molecule has 1 aliphatic rings. The molecule has 0 fully saturated rings. The van der Waals surface area contributed by atoms with Crippen LogP contribution >= 0.6 is 11.6 Å². The third-order valence-electron chi connectivity index (χ3n) is 4.38. The van der Waals surface area contributed by atoms with Gasteiger partial charge < -0.3 is 20.1 Å². The number of carbonyl (C=O) groups is 2. The highest BCUT2D eigenvalue weighted by molar-refractivity contribution is 6.32. The number of benzene rings is 2. The Balaban J connectivity index is 1.47. The molecule has 7 heteroatoms. The van der Waals surface area contributed by atoms with Gasteiger partial charge in [0.15, 0.2) is 11.5 Å². The van der Waals surface area contributed by atoms with Crippen LogP contribution in [0.5, 0.6) is 11.5 Å². The highest BCUT2D eigenvalue weighted by Crippen LogP contribution is 2.37. The number of ether oxygens (including phenoxy) is 2. The van der Waals surface area contributed by atoms with Gasteiger partial charge in [0.1, 0.15) is 0 Å². The highest BCUT2D eigenvalue weighted by Gasteiger charge is 2.16. The molecule has 3 rings (SSSR count). The van der Waals surface area contributed by atoms with Gasteiger partial charge in [0.05, 0.1) is 18.2 Å². The first kappa shape index (κ1) is 20.0. The molecule has 0 saturated heterocycles. The van der Waals surface area contributed by atoms with Gasteiger partial charge in [-0.05, 0) is 36.2 Å². The van der Waals surface area contributed by atoms with E-state index >= 15 is 0 Å². The highest BCUT2D eigenvalue weighted by atomic mass is 35.5. The van der Waals surface area contributed by atoms with E-state index in [0.29, 0.717) is 41.8 Å². The van der Waals surface area contributed by atoms with E-state index in [1.54, 1.807) is 12.1 Å². The van der Waals surface area contributed by atoms with Gasteiger partial charge in [-0.15, -0.1) is 0 Å². The summed E-state index contributed by atoms with van der Waals surface area (Å²) in [6.45, 7) is 3.60. The summed E-state index contributed by atoms with van der Waals surface area (Å²) in [7, 11) is 0. The molecule has 2 aromatic rings.